The minimum Gasteiger partial charge on any atom is -0.346 e. The van der Waals surface area contributed by atoms with Crippen molar-refractivity contribution in [3.8, 4) is 0 Å². The van der Waals surface area contributed by atoms with Crippen LogP contribution in [0, 0.1) is 17.0 Å². The zero-order valence-electron chi connectivity index (χ0n) is 13.8. The number of aryl methyl sites for hydroxylation is 1. The molecule has 6 nitrogen and oxygen atoms in total. The summed E-state index contributed by atoms with van der Waals surface area (Å²) in [5.74, 6) is 0.884. The van der Waals surface area contributed by atoms with Crippen LogP contribution in [0.3, 0.4) is 0 Å². The maximum Gasteiger partial charge on any atom is 0.316 e. The molecule has 0 aromatic heterocycles. The fourth-order valence-corrected chi connectivity index (χ4v) is 4.69. The molecule has 2 aliphatic rings. The van der Waals surface area contributed by atoms with Crippen molar-refractivity contribution in [1.29, 1.82) is 0 Å². The minimum atomic E-state index is -1.27. The summed E-state index contributed by atoms with van der Waals surface area (Å²) in [5.41, 5.74) is 1.46. The van der Waals surface area contributed by atoms with E-state index in [0.717, 1.165) is 22.2 Å². The number of aliphatic hydroxyl groups is 1. The molecule has 0 fully saturated rings. The van der Waals surface area contributed by atoms with E-state index < -0.39 is 10.6 Å². The van der Waals surface area contributed by atoms with Gasteiger partial charge in [-0.15, -0.1) is 0 Å². The van der Waals surface area contributed by atoms with E-state index in [2.05, 4.69) is 4.90 Å². The number of thioether (sulfide) groups is 1. The number of nitro groups is 1. The number of non-ortho nitro benzene ring substituents is 1. The molecule has 0 saturated heterocycles. The molecule has 2 heterocycles. The largest absolute Gasteiger partial charge is 0.346 e. The summed E-state index contributed by atoms with van der Waals surface area (Å²) in [4.78, 5) is 12.8. The van der Waals surface area contributed by atoms with Crippen molar-refractivity contribution >= 4 is 28.3 Å². The highest BCUT2D eigenvalue weighted by Crippen LogP contribution is 2.39. The van der Waals surface area contributed by atoms with Crippen LogP contribution in [0.2, 0.25) is 0 Å². The maximum atomic E-state index is 11.5. The van der Waals surface area contributed by atoms with Gasteiger partial charge in [0.15, 0.2) is 6.54 Å². The summed E-state index contributed by atoms with van der Waals surface area (Å²) in [7, 11) is 0. The Labute approximate surface area is 149 Å². The van der Waals surface area contributed by atoms with Crippen molar-refractivity contribution < 1.29 is 14.6 Å². The standard InChI is InChI=1S/C18H18N3O3S/c1-13-5-2-3-8-16(13)19-12-18(22,20-9-10-25-17(19)20)14-6-4-7-15(11-14)21(23)24/h2-8,11,22H,9-10,12H2,1H3/q+1/t18-/m0/s1. The normalized spacial score (nSPS) is 22.4. The summed E-state index contributed by atoms with van der Waals surface area (Å²) in [5, 5.41) is 23.6. The molecule has 1 N–H and O–H groups in total. The van der Waals surface area contributed by atoms with Gasteiger partial charge in [-0.3, -0.25) is 10.1 Å². The van der Waals surface area contributed by atoms with Crippen molar-refractivity contribution in [1.82, 2.24) is 0 Å². The van der Waals surface area contributed by atoms with E-state index in [1.807, 2.05) is 35.8 Å². The molecule has 0 saturated carbocycles. The van der Waals surface area contributed by atoms with Crippen LogP contribution in [0.15, 0.2) is 48.5 Å². The number of anilines is 1. The van der Waals surface area contributed by atoms with Crippen molar-refractivity contribution in [2.75, 3.05) is 23.7 Å². The van der Waals surface area contributed by atoms with Crippen molar-refractivity contribution in [3.63, 3.8) is 0 Å². The summed E-state index contributed by atoms with van der Waals surface area (Å²) < 4.78 is 1.96. The van der Waals surface area contributed by atoms with Crippen LogP contribution < -0.4 is 4.90 Å². The highest BCUT2D eigenvalue weighted by Gasteiger charge is 2.54. The number of amidine groups is 1. The first-order valence-corrected chi connectivity index (χ1v) is 9.07. The van der Waals surface area contributed by atoms with Crippen LogP contribution in [0.1, 0.15) is 11.1 Å². The quantitative estimate of drug-likeness (QED) is 0.520. The average Bonchev–Trinajstić information content (AvgIpc) is 3.19. The van der Waals surface area contributed by atoms with Crippen LogP contribution >= 0.6 is 11.8 Å². The second kappa shape index (κ2) is 5.86. The van der Waals surface area contributed by atoms with Crippen LogP contribution in [0.4, 0.5) is 11.4 Å². The van der Waals surface area contributed by atoms with Gasteiger partial charge in [-0.25, -0.2) is 9.48 Å². The molecule has 25 heavy (non-hydrogen) atoms. The first-order chi connectivity index (χ1) is 12.0. The van der Waals surface area contributed by atoms with Crippen LogP contribution in [-0.4, -0.2) is 38.6 Å². The third-order valence-electron chi connectivity index (χ3n) is 4.76. The van der Waals surface area contributed by atoms with Crippen molar-refractivity contribution in [2.24, 2.45) is 0 Å². The van der Waals surface area contributed by atoms with Gasteiger partial charge < -0.3 is 5.11 Å². The van der Waals surface area contributed by atoms with Gasteiger partial charge in [0.05, 0.1) is 11.5 Å². The van der Waals surface area contributed by atoms with E-state index >= 15 is 0 Å². The summed E-state index contributed by atoms with van der Waals surface area (Å²) >= 11 is 1.71. The number of benzene rings is 2. The molecule has 0 unspecified atom stereocenters. The highest BCUT2D eigenvalue weighted by molar-refractivity contribution is 8.14. The van der Waals surface area contributed by atoms with Crippen molar-refractivity contribution in [3.05, 3.63) is 69.8 Å². The molecule has 0 radical (unpaired) electrons. The number of hydrogen-bond donors (Lipinski definition) is 1. The monoisotopic (exact) mass is 356 g/mol. The maximum absolute atomic E-state index is 11.5. The molecule has 0 spiro atoms. The van der Waals surface area contributed by atoms with Gasteiger partial charge in [-0.2, -0.15) is 0 Å². The fraction of sp³-hybridized carbons (Fsp3) is 0.278. The van der Waals surface area contributed by atoms with Crippen LogP contribution in [-0.2, 0) is 5.72 Å². The summed E-state index contributed by atoms with van der Waals surface area (Å²) in [6.45, 7) is 3.10. The predicted octanol–water partition coefficient (Wildman–Crippen LogP) is 2.68. The second-order valence-corrected chi connectivity index (χ2v) is 7.34. The molecule has 2 aromatic carbocycles. The summed E-state index contributed by atoms with van der Waals surface area (Å²) in [6.07, 6.45) is 0. The van der Waals surface area contributed by atoms with Gasteiger partial charge in [-0.05, 0) is 30.3 Å². The van der Waals surface area contributed by atoms with E-state index in [0.29, 0.717) is 18.7 Å². The predicted molar refractivity (Wildman–Crippen MR) is 98.1 cm³/mol. The highest BCUT2D eigenvalue weighted by atomic mass is 32.2. The topological polar surface area (TPSA) is 69.6 Å². The Hall–Kier alpha value is -2.38. The van der Waals surface area contributed by atoms with Crippen LogP contribution in [0.5, 0.6) is 0 Å². The van der Waals surface area contributed by atoms with Crippen molar-refractivity contribution in [2.45, 2.75) is 12.6 Å². The van der Waals surface area contributed by atoms with Gasteiger partial charge in [0.2, 0.25) is 0 Å². The molecule has 2 aliphatic heterocycles. The third-order valence-corrected chi connectivity index (χ3v) is 5.84. The Balaban J connectivity index is 1.81. The lowest BCUT2D eigenvalue weighted by Crippen LogP contribution is -2.41. The van der Waals surface area contributed by atoms with E-state index in [4.69, 9.17) is 0 Å². The Bertz CT molecular complexity index is 899. The molecule has 7 heteroatoms. The Morgan fingerprint density at radius 3 is 2.84 bits per heavy atom. The first kappa shape index (κ1) is 16.1. The van der Waals surface area contributed by atoms with Gasteiger partial charge in [0.1, 0.15) is 5.69 Å². The zero-order valence-corrected chi connectivity index (χ0v) is 14.6. The lowest BCUT2D eigenvalue weighted by Gasteiger charge is -2.23. The fourth-order valence-electron chi connectivity index (χ4n) is 3.51. The zero-order chi connectivity index (χ0) is 17.6. The number of β-amino-alcohol motifs (C(OH)–C–C–N with tert-alkyl or cyclic N) is 1. The van der Waals surface area contributed by atoms with Gasteiger partial charge in [0.25, 0.3) is 11.4 Å². The van der Waals surface area contributed by atoms with Gasteiger partial charge in [-0.1, -0.05) is 30.3 Å². The number of nitro benzene ring substituents is 1. The molecular formula is C18H18N3O3S+. The number of rotatable bonds is 3. The minimum absolute atomic E-state index is 0.00586. The molecule has 1 atom stereocenters. The number of para-hydroxylation sites is 1. The Morgan fingerprint density at radius 2 is 2.08 bits per heavy atom. The molecule has 0 bridgehead atoms. The molecular weight excluding hydrogens is 338 g/mol. The van der Waals surface area contributed by atoms with E-state index in [1.54, 1.807) is 23.9 Å². The Morgan fingerprint density at radius 1 is 1.28 bits per heavy atom. The third kappa shape index (κ3) is 2.51. The smallest absolute Gasteiger partial charge is 0.316 e. The van der Waals surface area contributed by atoms with E-state index in [-0.39, 0.29) is 5.69 Å². The second-order valence-electron chi connectivity index (χ2n) is 6.28. The molecule has 0 aliphatic carbocycles. The van der Waals surface area contributed by atoms with E-state index in [1.165, 1.54) is 12.1 Å². The van der Waals surface area contributed by atoms with E-state index in [9.17, 15) is 15.2 Å². The SMILES string of the molecule is Cc1ccccc1N1C[C@](O)(c2cccc([N+](=O)[O-])c2)[N+]2=C1SCC2. The van der Waals surface area contributed by atoms with Gasteiger partial charge >= 0.3 is 5.17 Å². The molecule has 2 aromatic rings. The average molecular weight is 356 g/mol. The molecule has 0 amide bonds. The van der Waals surface area contributed by atoms with Crippen LogP contribution in [0.25, 0.3) is 0 Å². The summed E-state index contributed by atoms with van der Waals surface area (Å²) in [6, 6.07) is 14.4. The number of hydrogen-bond acceptors (Lipinski definition) is 5. The molecule has 4 rings (SSSR count). The molecule has 128 valence electrons. The number of nitrogens with zero attached hydrogens (tertiary/aromatic N) is 3. The lowest BCUT2D eigenvalue weighted by molar-refractivity contribution is -0.650. The lowest BCUT2D eigenvalue weighted by atomic mass is 10.0. The Kier molecular flexibility index (Phi) is 3.77. The first-order valence-electron chi connectivity index (χ1n) is 8.08. The van der Waals surface area contributed by atoms with Gasteiger partial charge in [0, 0.05) is 23.4 Å².